The average Bonchev–Trinajstić information content (AvgIpc) is 3.03. The molecule has 2 aromatic carbocycles. The highest BCUT2D eigenvalue weighted by molar-refractivity contribution is 7.12. The van der Waals surface area contributed by atoms with Crippen molar-refractivity contribution in [3.63, 3.8) is 0 Å². The number of hydrogen-bond acceptors (Lipinski definition) is 3. The van der Waals surface area contributed by atoms with E-state index in [0.29, 0.717) is 22.2 Å². The Morgan fingerprint density at radius 3 is 2.20 bits per heavy atom. The van der Waals surface area contributed by atoms with Gasteiger partial charge in [-0.1, -0.05) is 29.8 Å². The van der Waals surface area contributed by atoms with Gasteiger partial charge in [0, 0.05) is 11.4 Å². The first kappa shape index (κ1) is 17.0. The Labute approximate surface area is 154 Å². The third kappa shape index (κ3) is 4.59. The summed E-state index contributed by atoms with van der Waals surface area (Å²) in [6.07, 6.45) is 0. The summed E-state index contributed by atoms with van der Waals surface area (Å²) in [7, 11) is 0. The maximum atomic E-state index is 12.0. The van der Waals surface area contributed by atoms with E-state index >= 15 is 0 Å². The van der Waals surface area contributed by atoms with Crippen molar-refractivity contribution >= 4 is 51.9 Å². The highest BCUT2D eigenvalue weighted by atomic mass is 35.5. The summed E-state index contributed by atoms with van der Waals surface area (Å²) in [5.74, 6) is 0.363. The van der Waals surface area contributed by atoms with E-state index in [1.165, 1.54) is 11.3 Å². The fourth-order valence-electron chi connectivity index (χ4n) is 2.10. The van der Waals surface area contributed by atoms with Crippen LogP contribution in [0.3, 0.4) is 0 Å². The van der Waals surface area contributed by atoms with E-state index in [2.05, 4.69) is 15.6 Å². The summed E-state index contributed by atoms with van der Waals surface area (Å²) in [6, 6.07) is 17.7. The van der Waals surface area contributed by atoms with Crippen molar-refractivity contribution < 1.29 is 4.79 Å². The molecule has 0 radical (unpaired) electrons. The molecule has 126 valence electrons. The Morgan fingerprint density at radius 1 is 0.960 bits per heavy atom. The summed E-state index contributed by atoms with van der Waals surface area (Å²) in [6.45, 7) is 0. The lowest BCUT2D eigenvalue weighted by Gasteiger charge is -2.07. The van der Waals surface area contributed by atoms with Crippen molar-refractivity contribution in [3.8, 4) is 0 Å². The first-order chi connectivity index (χ1) is 12.1. The van der Waals surface area contributed by atoms with Crippen molar-refractivity contribution in [2.24, 2.45) is 10.7 Å². The highest BCUT2D eigenvalue weighted by Gasteiger charge is 2.06. The third-order valence-corrected chi connectivity index (χ3v) is 4.62. The monoisotopic (exact) mass is 370 g/mol. The number of benzene rings is 2. The van der Waals surface area contributed by atoms with Crippen LogP contribution in [0.5, 0.6) is 0 Å². The van der Waals surface area contributed by atoms with Crippen LogP contribution in [-0.4, -0.2) is 11.9 Å². The van der Waals surface area contributed by atoms with Gasteiger partial charge in [0.1, 0.15) is 5.84 Å². The van der Waals surface area contributed by atoms with E-state index in [4.69, 9.17) is 17.3 Å². The van der Waals surface area contributed by atoms with E-state index in [0.717, 1.165) is 10.6 Å². The minimum absolute atomic E-state index is 0.313. The minimum atomic E-state index is -0.313. The molecule has 0 unspecified atom stereocenters. The molecule has 0 aliphatic carbocycles. The lowest BCUT2D eigenvalue weighted by molar-refractivity contribution is 0.262. The summed E-state index contributed by atoms with van der Waals surface area (Å²) in [4.78, 5) is 17.0. The zero-order chi connectivity index (χ0) is 17.6. The fraction of sp³-hybridized carbons (Fsp3) is 0. The number of aliphatic imine (C=N–C) groups is 1. The number of carbonyl (C=O) groups excluding carboxylic acids is 1. The van der Waals surface area contributed by atoms with Gasteiger partial charge in [0.15, 0.2) is 0 Å². The fourth-order valence-corrected chi connectivity index (χ4v) is 3.16. The van der Waals surface area contributed by atoms with Crippen molar-refractivity contribution in [1.29, 1.82) is 0 Å². The number of urea groups is 1. The van der Waals surface area contributed by atoms with Crippen molar-refractivity contribution in [2.75, 3.05) is 10.6 Å². The van der Waals surface area contributed by atoms with Crippen LogP contribution in [0.4, 0.5) is 21.9 Å². The van der Waals surface area contributed by atoms with Crippen LogP contribution in [-0.2, 0) is 0 Å². The predicted molar refractivity (Wildman–Crippen MR) is 105 cm³/mol. The van der Waals surface area contributed by atoms with Crippen molar-refractivity contribution in [2.45, 2.75) is 0 Å². The van der Waals surface area contributed by atoms with Gasteiger partial charge in [-0.15, -0.1) is 11.3 Å². The largest absolute Gasteiger partial charge is 0.382 e. The molecule has 0 aliphatic rings. The van der Waals surface area contributed by atoms with Gasteiger partial charge in [-0.05, 0) is 47.8 Å². The van der Waals surface area contributed by atoms with Crippen LogP contribution < -0.4 is 16.4 Å². The summed E-state index contributed by atoms with van der Waals surface area (Å²) >= 11 is 7.48. The molecule has 0 saturated heterocycles. The van der Waals surface area contributed by atoms with Gasteiger partial charge in [-0.3, -0.25) is 0 Å². The maximum Gasteiger partial charge on any atom is 0.323 e. The number of nitrogens with zero attached hydrogens (tertiary/aromatic N) is 1. The minimum Gasteiger partial charge on any atom is -0.382 e. The molecule has 5 nitrogen and oxygen atoms in total. The number of nitrogens with one attached hydrogen (secondary N) is 2. The molecule has 4 N–H and O–H groups in total. The normalized spacial score (nSPS) is 11.2. The molecule has 3 aromatic rings. The molecule has 25 heavy (non-hydrogen) atoms. The number of amides is 2. The Balaban J connectivity index is 1.64. The topological polar surface area (TPSA) is 79.5 Å². The Kier molecular flexibility index (Phi) is 5.33. The molecule has 0 fully saturated rings. The number of anilines is 2. The molecular weight excluding hydrogens is 356 g/mol. The molecule has 0 spiro atoms. The van der Waals surface area contributed by atoms with Gasteiger partial charge >= 0.3 is 6.03 Å². The zero-order valence-electron chi connectivity index (χ0n) is 13.1. The zero-order valence-corrected chi connectivity index (χ0v) is 14.6. The quantitative estimate of drug-likeness (QED) is 0.442. The van der Waals surface area contributed by atoms with Gasteiger partial charge in [0.25, 0.3) is 0 Å². The molecule has 0 atom stereocenters. The molecule has 0 saturated carbocycles. The number of amidine groups is 1. The van der Waals surface area contributed by atoms with Crippen LogP contribution in [0.25, 0.3) is 0 Å². The van der Waals surface area contributed by atoms with E-state index in [-0.39, 0.29) is 6.03 Å². The van der Waals surface area contributed by atoms with Crippen LogP contribution in [0.2, 0.25) is 5.02 Å². The molecule has 1 aromatic heterocycles. The lowest BCUT2D eigenvalue weighted by Crippen LogP contribution is -2.19. The summed E-state index contributed by atoms with van der Waals surface area (Å²) in [5.41, 5.74) is 8.03. The van der Waals surface area contributed by atoms with Crippen LogP contribution in [0.15, 0.2) is 71.0 Å². The SMILES string of the molecule is NC(=Nc1ccc(NC(=O)Nc2ccccc2)cc1)c1sccc1Cl. The van der Waals surface area contributed by atoms with Gasteiger partial charge in [0.05, 0.1) is 15.6 Å². The van der Waals surface area contributed by atoms with Crippen LogP contribution in [0.1, 0.15) is 4.88 Å². The van der Waals surface area contributed by atoms with Gasteiger partial charge in [-0.2, -0.15) is 0 Å². The number of thiophene rings is 1. The van der Waals surface area contributed by atoms with E-state index < -0.39 is 0 Å². The van der Waals surface area contributed by atoms with Gasteiger partial charge in [0.2, 0.25) is 0 Å². The van der Waals surface area contributed by atoms with E-state index in [1.807, 2.05) is 35.7 Å². The molecule has 2 amide bonds. The summed E-state index contributed by atoms with van der Waals surface area (Å²) < 4.78 is 0. The maximum absolute atomic E-state index is 12.0. The molecular formula is C18H15ClN4OS. The average molecular weight is 371 g/mol. The van der Waals surface area contributed by atoms with E-state index in [9.17, 15) is 4.79 Å². The van der Waals surface area contributed by atoms with Gasteiger partial charge in [-0.25, -0.2) is 9.79 Å². The number of rotatable bonds is 4. The Morgan fingerprint density at radius 2 is 1.60 bits per heavy atom. The first-order valence-electron chi connectivity index (χ1n) is 7.42. The molecule has 3 rings (SSSR count). The third-order valence-electron chi connectivity index (χ3n) is 3.26. The number of hydrogen-bond donors (Lipinski definition) is 3. The second-order valence-electron chi connectivity index (χ2n) is 5.09. The van der Waals surface area contributed by atoms with Crippen molar-refractivity contribution in [3.05, 3.63) is 75.9 Å². The first-order valence-corrected chi connectivity index (χ1v) is 8.68. The number of para-hydroxylation sites is 1. The lowest BCUT2D eigenvalue weighted by atomic mass is 10.3. The second kappa shape index (κ2) is 7.83. The molecule has 7 heteroatoms. The number of halogens is 1. The standard InChI is InChI=1S/C18H15ClN4OS/c19-15-10-11-25-16(15)17(20)21-13-6-8-14(9-7-13)23-18(24)22-12-4-2-1-3-5-12/h1-11H,(H2,20,21)(H2,22,23,24). The van der Waals surface area contributed by atoms with Crippen LogP contribution >= 0.6 is 22.9 Å². The highest BCUT2D eigenvalue weighted by Crippen LogP contribution is 2.24. The van der Waals surface area contributed by atoms with Gasteiger partial charge < -0.3 is 16.4 Å². The Hall–Kier alpha value is -2.83. The predicted octanol–water partition coefficient (Wildman–Crippen LogP) is 5.08. The van der Waals surface area contributed by atoms with E-state index in [1.54, 1.807) is 30.3 Å². The summed E-state index contributed by atoms with van der Waals surface area (Å²) in [5, 5.41) is 7.95. The number of nitrogens with two attached hydrogens (primary N) is 1. The smallest absolute Gasteiger partial charge is 0.323 e. The second-order valence-corrected chi connectivity index (χ2v) is 6.41. The van der Waals surface area contributed by atoms with Crippen molar-refractivity contribution in [1.82, 2.24) is 0 Å². The molecule has 0 aliphatic heterocycles. The van der Waals surface area contributed by atoms with Crippen LogP contribution in [0, 0.1) is 0 Å². The molecule has 0 bridgehead atoms. The molecule has 1 heterocycles. The number of carbonyl (C=O) groups is 1. The Bertz CT molecular complexity index is 891.